The highest BCUT2D eigenvalue weighted by Gasteiger charge is 2.23. The molecule has 1 amide bonds. The summed E-state index contributed by atoms with van der Waals surface area (Å²) in [5.41, 5.74) is 0.569. The van der Waals surface area contributed by atoms with E-state index in [4.69, 9.17) is 4.74 Å². The van der Waals surface area contributed by atoms with Gasteiger partial charge in [-0.25, -0.2) is 4.63 Å². The standard InChI is InChI=1S/C9H13N3O3/c1-6-8(12-15-11-6)10-9(13)7-4-2-3-5-14-7/h7H,2-5H2,1H3,(H,10,12,13). The van der Waals surface area contributed by atoms with Gasteiger partial charge in [0.1, 0.15) is 11.8 Å². The average Bonchev–Trinajstić information content (AvgIpc) is 2.66. The van der Waals surface area contributed by atoms with E-state index in [1.54, 1.807) is 6.92 Å². The molecule has 2 heterocycles. The topological polar surface area (TPSA) is 77.3 Å². The van der Waals surface area contributed by atoms with E-state index in [0.29, 0.717) is 18.1 Å². The first-order valence-electron chi connectivity index (χ1n) is 4.99. The van der Waals surface area contributed by atoms with Gasteiger partial charge in [-0.15, -0.1) is 0 Å². The third-order valence-corrected chi connectivity index (χ3v) is 2.37. The summed E-state index contributed by atoms with van der Waals surface area (Å²) in [5, 5.41) is 9.78. The lowest BCUT2D eigenvalue weighted by Crippen LogP contribution is -2.33. The van der Waals surface area contributed by atoms with Crippen LogP contribution in [0.3, 0.4) is 0 Å². The van der Waals surface area contributed by atoms with Gasteiger partial charge in [-0.1, -0.05) is 5.16 Å². The summed E-state index contributed by atoms with van der Waals surface area (Å²) >= 11 is 0. The van der Waals surface area contributed by atoms with Gasteiger partial charge in [0.05, 0.1) is 0 Å². The van der Waals surface area contributed by atoms with Crippen LogP contribution in [-0.4, -0.2) is 28.9 Å². The van der Waals surface area contributed by atoms with Crippen molar-refractivity contribution in [2.45, 2.75) is 32.3 Å². The van der Waals surface area contributed by atoms with Gasteiger partial charge in [-0.3, -0.25) is 4.79 Å². The maximum absolute atomic E-state index is 11.7. The molecule has 1 N–H and O–H groups in total. The second kappa shape index (κ2) is 4.39. The molecule has 1 unspecified atom stereocenters. The smallest absolute Gasteiger partial charge is 0.254 e. The third-order valence-electron chi connectivity index (χ3n) is 2.37. The van der Waals surface area contributed by atoms with Gasteiger partial charge in [0.15, 0.2) is 5.82 Å². The molecule has 6 heteroatoms. The molecule has 82 valence electrons. The van der Waals surface area contributed by atoms with Gasteiger partial charge in [0.25, 0.3) is 5.91 Å². The van der Waals surface area contributed by atoms with E-state index in [-0.39, 0.29) is 12.0 Å². The lowest BCUT2D eigenvalue weighted by molar-refractivity contribution is -0.130. The van der Waals surface area contributed by atoms with Crippen LogP contribution in [-0.2, 0) is 9.53 Å². The van der Waals surface area contributed by atoms with E-state index in [0.717, 1.165) is 19.3 Å². The fraction of sp³-hybridized carbons (Fsp3) is 0.667. The molecule has 15 heavy (non-hydrogen) atoms. The largest absolute Gasteiger partial charge is 0.368 e. The summed E-state index contributed by atoms with van der Waals surface area (Å²) in [7, 11) is 0. The maximum Gasteiger partial charge on any atom is 0.254 e. The van der Waals surface area contributed by atoms with Crippen molar-refractivity contribution in [3.05, 3.63) is 5.69 Å². The highest BCUT2D eigenvalue weighted by molar-refractivity contribution is 5.93. The van der Waals surface area contributed by atoms with Crippen molar-refractivity contribution in [2.24, 2.45) is 0 Å². The second-order valence-electron chi connectivity index (χ2n) is 3.54. The SMILES string of the molecule is Cc1nonc1NC(=O)C1CCCCO1. The van der Waals surface area contributed by atoms with E-state index in [1.165, 1.54) is 0 Å². The predicted octanol–water partition coefficient (Wildman–Crippen LogP) is 0.886. The first-order chi connectivity index (χ1) is 7.27. The minimum absolute atomic E-state index is 0.173. The van der Waals surface area contributed by atoms with Crippen molar-refractivity contribution in [2.75, 3.05) is 11.9 Å². The molecule has 1 saturated heterocycles. The van der Waals surface area contributed by atoms with Crippen LogP contribution in [0.15, 0.2) is 4.63 Å². The summed E-state index contributed by atoms with van der Waals surface area (Å²) in [4.78, 5) is 11.7. The van der Waals surface area contributed by atoms with Crippen LogP contribution >= 0.6 is 0 Å². The van der Waals surface area contributed by atoms with Gasteiger partial charge in [-0.2, -0.15) is 0 Å². The summed E-state index contributed by atoms with van der Waals surface area (Å²) in [5.74, 6) is 0.197. The first kappa shape index (κ1) is 10.1. The molecule has 0 aromatic carbocycles. The molecule has 6 nitrogen and oxygen atoms in total. The Morgan fingerprint density at radius 2 is 2.33 bits per heavy atom. The number of nitrogens with one attached hydrogen (secondary N) is 1. The first-order valence-corrected chi connectivity index (χ1v) is 4.99. The van der Waals surface area contributed by atoms with Crippen LogP contribution in [0, 0.1) is 6.92 Å². The van der Waals surface area contributed by atoms with Crippen molar-refractivity contribution >= 4 is 11.7 Å². The number of carbonyl (C=O) groups is 1. The Morgan fingerprint density at radius 3 is 2.93 bits per heavy atom. The Bertz CT molecular complexity index is 344. The van der Waals surface area contributed by atoms with Crippen molar-refractivity contribution in [3.63, 3.8) is 0 Å². The Morgan fingerprint density at radius 1 is 1.47 bits per heavy atom. The van der Waals surface area contributed by atoms with Crippen molar-refractivity contribution in [1.82, 2.24) is 10.3 Å². The lowest BCUT2D eigenvalue weighted by Gasteiger charge is -2.20. The summed E-state index contributed by atoms with van der Waals surface area (Å²) < 4.78 is 9.82. The van der Waals surface area contributed by atoms with Crippen LogP contribution in [0.4, 0.5) is 5.82 Å². The lowest BCUT2D eigenvalue weighted by atomic mass is 10.1. The van der Waals surface area contributed by atoms with Crippen LogP contribution in [0.2, 0.25) is 0 Å². The van der Waals surface area contributed by atoms with Crippen molar-refractivity contribution < 1.29 is 14.2 Å². The zero-order valence-corrected chi connectivity index (χ0v) is 8.52. The number of aromatic nitrogens is 2. The fourth-order valence-electron chi connectivity index (χ4n) is 1.49. The number of hydrogen-bond donors (Lipinski definition) is 1. The molecule has 0 saturated carbocycles. The van der Waals surface area contributed by atoms with Gasteiger partial charge < -0.3 is 10.1 Å². The fourth-order valence-corrected chi connectivity index (χ4v) is 1.49. The molecule has 1 aliphatic heterocycles. The van der Waals surface area contributed by atoms with Crippen LogP contribution in [0.25, 0.3) is 0 Å². The molecular weight excluding hydrogens is 198 g/mol. The molecule has 2 rings (SSSR count). The molecule has 0 spiro atoms. The van der Waals surface area contributed by atoms with Gasteiger partial charge in [0.2, 0.25) is 0 Å². The van der Waals surface area contributed by atoms with Crippen molar-refractivity contribution in [1.29, 1.82) is 0 Å². The normalized spacial score (nSPS) is 21.3. The molecule has 1 fully saturated rings. The van der Waals surface area contributed by atoms with Crippen LogP contribution in [0.1, 0.15) is 25.0 Å². The zero-order chi connectivity index (χ0) is 10.7. The van der Waals surface area contributed by atoms with Crippen LogP contribution < -0.4 is 5.32 Å². The average molecular weight is 211 g/mol. The minimum Gasteiger partial charge on any atom is -0.368 e. The summed E-state index contributed by atoms with van der Waals surface area (Å²) in [6.45, 7) is 2.36. The molecule has 0 bridgehead atoms. The molecule has 0 radical (unpaired) electrons. The number of nitrogens with zero attached hydrogens (tertiary/aromatic N) is 2. The van der Waals surface area contributed by atoms with Gasteiger partial charge in [0, 0.05) is 6.61 Å². The number of hydrogen-bond acceptors (Lipinski definition) is 5. The molecule has 1 aromatic heterocycles. The highest BCUT2D eigenvalue weighted by Crippen LogP contribution is 2.15. The Hall–Kier alpha value is -1.43. The van der Waals surface area contributed by atoms with Crippen molar-refractivity contribution in [3.8, 4) is 0 Å². The van der Waals surface area contributed by atoms with Gasteiger partial charge >= 0.3 is 0 Å². The third kappa shape index (κ3) is 2.33. The molecule has 0 aliphatic carbocycles. The maximum atomic E-state index is 11.7. The van der Waals surface area contributed by atoms with E-state index < -0.39 is 0 Å². The number of aryl methyl sites for hydroxylation is 1. The number of rotatable bonds is 2. The van der Waals surface area contributed by atoms with Gasteiger partial charge in [-0.05, 0) is 31.3 Å². The number of carbonyl (C=O) groups excluding carboxylic acids is 1. The Kier molecular flexibility index (Phi) is 2.96. The zero-order valence-electron chi connectivity index (χ0n) is 8.52. The Labute approximate surface area is 86.9 Å². The van der Waals surface area contributed by atoms with E-state index in [9.17, 15) is 4.79 Å². The van der Waals surface area contributed by atoms with E-state index >= 15 is 0 Å². The molecular formula is C9H13N3O3. The highest BCUT2D eigenvalue weighted by atomic mass is 16.6. The monoisotopic (exact) mass is 211 g/mol. The molecule has 1 aliphatic rings. The second-order valence-corrected chi connectivity index (χ2v) is 3.54. The number of ether oxygens (including phenoxy) is 1. The van der Waals surface area contributed by atoms with E-state index in [2.05, 4.69) is 20.3 Å². The summed E-state index contributed by atoms with van der Waals surface area (Å²) in [6, 6.07) is 0. The Balaban J connectivity index is 1.94. The minimum atomic E-state index is -0.366. The number of anilines is 1. The predicted molar refractivity (Wildman–Crippen MR) is 51.3 cm³/mol. The molecule has 1 aromatic rings. The van der Waals surface area contributed by atoms with Crippen LogP contribution in [0.5, 0.6) is 0 Å². The number of amides is 1. The quantitative estimate of drug-likeness (QED) is 0.785. The molecule has 1 atom stereocenters. The van der Waals surface area contributed by atoms with E-state index in [1.807, 2.05) is 0 Å². The summed E-state index contributed by atoms with van der Waals surface area (Å²) in [6.07, 6.45) is 2.44.